The van der Waals surface area contributed by atoms with Crippen molar-refractivity contribution in [2.75, 3.05) is 25.0 Å². The van der Waals surface area contributed by atoms with Crippen LogP contribution in [-0.2, 0) is 26.0 Å². The molecule has 0 aromatic heterocycles. The molecule has 0 fully saturated rings. The van der Waals surface area contributed by atoms with Gasteiger partial charge in [-0.15, -0.1) is 0 Å². The standard InChI is InChI=1S/C26H27FN2O5S/c1-3-29(4-2)35(32,33)24-17-21(14-15-22(24)27)26(31)34-18-25(30)28-23-13-9-8-12-20(23)16-19-10-6-5-7-11-19/h5-15,17H,3-4,16,18H2,1-2H3,(H,28,30). The molecule has 35 heavy (non-hydrogen) atoms. The number of ether oxygens (including phenoxy) is 1. The minimum Gasteiger partial charge on any atom is -0.452 e. The summed E-state index contributed by atoms with van der Waals surface area (Å²) in [7, 11) is -4.12. The Kier molecular flexibility index (Phi) is 8.73. The Morgan fingerprint density at radius 3 is 2.29 bits per heavy atom. The molecular weight excluding hydrogens is 471 g/mol. The van der Waals surface area contributed by atoms with Gasteiger partial charge in [0.05, 0.1) is 5.56 Å². The first kappa shape index (κ1) is 26.1. The monoisotopic (exact) mass is 498 g/mol. The highest BCUT2D eigenvalue weighted by Gasteiger charge is 2.27. The van der Waals surface area contributed by atoms with Crippen molar-refractivity contribution in [1.29, 1.82) is 0 Å². The second-order valence-electron chi connectivity index (χ2n) is 7.68. The molecule has 0 bridgehead atoms. The number of nitrogens with one attached hydrogen (secondary N) is 1. The maximum Gasteiger partial charge on any atom is 0.338 e. The van der Waals surface area contributed by atoms with Crippen molar-refractivity contribution in [3.63, 3.8) is 0 Å². The number of para-hydroxylation sites is 1. The molecule has 0 radical (unpaired) electrons. The third-order valence-electron chi connectivity index (χ3n) is 5.35. The molecule has 9 heteroatoms. The van der Waals surface area contributed by atoms with Gasteiger partial charge in [0.15, 0.2) is 6.61 Å². The molecule has 1 amide bonds. The van der Waals surface area contributed by atoms with Gasteiger partial charge in [0, 0.05) is 18.8 Å². The number of sulfonamides is 1. The third-order valence-corrected chi connectivity index (χ3v) is 7.42. The van der Waals surface area contributed by atoms with E-state index in [-0.39, 0.29) is 18.7 Å². The Balaban J connectivity index is 1.67. The summed E-state index contributed by atoms with van der Waals surface area (Å²) in [4.78, 5) is 24.3. The van der Waals surface area contributed by atoms with Gasteiger partial charge in [-0.1, -0.05) is 62.4 Å². The van der Waals surface area contributed by atoms with Crippen molar-refractivity contribution in [2.24, 2.45) is 0 Å². The van der Waals surface area contributed by atoms with Crippen molar-refractivity contribution in [3.8, 4) is 0 Å². The zero-order valence-electron chi connectivity index (χ0n) is 19.5. The maximum atomic E-state index is 14.3. The van der Waals surface area contributed by atoms with E-state index in [0.29, 0.717) is 12.1 Å². The number of carbonyl (C=O) groups excluding carboxylic acids is 2. The number of benzene rings is 3. The predicted molar refractivity (Wildman–Crippen MR) is 131 cm³/mol. The lowest BCUT2D eigenvalue weighted by Gasteiger charge is -2.19. The van der Waals surface area contributed by atoms with E-state index in [1.807, 2.05) is 42.5 Å². The number of rotatable bonds is 10. The Hall–Kier alpha value is -3.56. The highest BCUT2D eigenvalue weighted by molar-refractivity contribution is 7.89. The van der Waals surface area contributed by atoms with E-state index in [0.717, 1.165) is 33.6 Å². The Morgan fingerprint density at radius 1 is 0.943 bits per heavy atom. The van der Waals surface area contributed by atoms with Crippen LogP contribution in [0.4, 0.5) is 10.1 Å². The van der Waals surface area contributed by atoms with Crippen LogP contribution in [0.1, 0.15) is 35.3 Å². The topological polar surface area (TPSA) is 92.8 Å². The molecule has 0 heterocycles. The zero-order chi connectivity index (χ0) is 25.4. The fourth-order valence-corrected chi connectivity index (χ4v) is 5.09. The largest absolute Gasteiger partial charge is 0.452 e. The van der Waals surface area contributed by atoms with Crippen LogP contribution < -0.4 is 5.32 Å². The van der Waals surface area contributed by atoms with Crippen LogP contribution in [0.2, 0.25) is 0 Å². The van der Waals surface area contributed by atoms with Crippen LogP contribution in [0.3, 0.4) is 0 Å². The summed E-state index contributed by atoms with van der Waals surface area (Å²) in [5.74, 6) is -2.47. The lowest BCUT2D eigenvalue weighted by Crippen LogP contribution is -2.31. The Labute approximate surface area is 204 Å². The third kappa shape index (κ3) is 6.52. The molecule has 0 spiro atoms. The number of hydrogen-bond acceptors (Lipinski definition) is 5. The molecule has 3 aromatic rings. The minimum atomic E-state index is -4.12. The number of halogens is 1. The molecule has 3 rings (SSSR count). The summed E-state index contributed by atoms with van der Waals surface area (Å²) in [6.45, 7) is 2.98. The molecule has 7 nitrogen and oxygen atoms in total. The lowest BCUT2D eigenvalue weighted by molar-refractivity contribution is -0.119. The highest BCUT2D eigenvalue weighted by Crippen LogP contribution is 2.22. The molecule has 0 atom stereocenters. The van der Waals surface area contributed by atoms with Gasteiger partial charge in [-0.25, -0.2) is 17.6 Å². The molecule has 0 saturated heterocycles. The van der Waals surface area contributed by atoms with Crippen LogP contribution in [0, 0.1) is 5.82 Å². The van der Waals surface area contributed by atoms with Crippen molar-refractivity contribution < 1.29 is 27.1 Å². The zero-order valence-corrected chi connectivity index (χ0v) is 20.3. The second kappa shape index (κ2) is 11.7. The summed E-state index contributed by atoms with van der Waals surface area (Å²) in [5.41, 5.74) is 2.39. The fraction of sp³-hybridized carbons (Fsp3) is 0.231. The van der Waals surface area contributed by atoms with Crippen LogP contribution in [-0.4, -0.2) is 44.3 Å². The Morgan fingerprint density at radius 2 is 1.60 bits per heavy atom. The second-order valence-corrected chi connectivity index (χ2v) is 9.58. The van der Waals surface area contributed by atoms with Crippen LogP contribution >= 0.6 is 0 Å². The number of amides is 1. The van der Waals surface area contributed by atoms with Crippen molar-refractivity contribution >= 4 is 27.6 Å². The van der Waals surface area contributed by atoms with E-state index in [1.54, 1.807) is 26.0 Å². The normalized spacial score (nSPS) is 11.3. The molecule has 0 saturated carbocycles. The number of carbonyl (C=O) groups is 2. The van der Waals surface area contributed by atoms with Crippen molar-refractivity contribution in [3.05, 3.63) is 95.3 Å². The van der Waals surface area contributed by atoms with Gasteiger partial charge in [0.2, 0.25) is 10.0 Å². The van der Waals surface area contributed by atoms with Gasteiger partial charge in [0.1, 0.15) is 10.7 Å². The van der Waals surface area contributed by atoms with Gasteiger partial charge in [0.25, 0.3) is 5.91 Å². The molecule has 0 aliphatic rings. The van der Waals surface area contributed by atoms with Gasteiger partial charge in [-0.05, 0) is 41.8 Å². The molecule has 0 aliphatic heterocycles. The summed E-state index contributed by atoms with van der Waals surface area (Å²) in [6.07, 6.45) is 0.608. The predicted octanol–water partition coefficient (Wildman–Crippen LogP) is 4.24. The number of esters is 1. The minimum absolute atomic E-state index is 0.152. The SMILES string of the molecule is CCN(CC)S(=O)(=O)c1cc(C(=O)OCC(=O)Nc2ccccc2Cc2ccccc2)ccc1F. The smallest absolute Gasteiger partial charge is 0.338 e. The van der Waals surface area contributed by atoms with Crippen LogP contribution in [0.25, 0.3) is 0 Å². The van der Waals surface area contributed by atoms with E-state index in [9.17, 15) is 22.4 Å². The highest BCUT2D eigenvalue weighted by atomic mass is 32.2. The van der Waals surface area contributed by atoms with Gasteiger partial charge in [-0.3, -0.25) is 4.79 Å². The average Bonchev–Trinajstić information content (AvgIpc) is 2.85. The average molecular weight is 499 g/mol. The van der Waals surface area contributed by atoms with E-state index in [2.05, 4.69) is 5.32 Å². The summed E-state index contributed by atoms with van der Waals surface area (Å²) in [5, 5.41) is 2.73. The summed E-state index contributed by atoms with van der Waals surface area (Å²) >= 11 is 0. The first-order valence-corrected chi connectivity index (χ1v) is 12.6. The first-order chi connectivity index (χ1) is 16.8. The molecular formula is C26H27FN2O5S. The van der Waals surface area contributed by atoms with Gasteiger partial charge >= 0.3 is 5.97 Å². The molecule has 184 valence electrons. The van der Waals surface area contributed by atoms with E-state index >= 15 is 0 Å². The fourth-order valence-electron chi connectivity index (χ4n) is 3.54. The number of anilines is 1. The van der Waals surface area contributed by atoms with Crippen LogP contribution in [0.5, 0.6) is 0 Å². The Bertz CT molecular complexity index is 1290. The van der Waals surface area contributed by atoms with E-state index in [4.69, 9.17) is 4.74 Å². The van der Waals surface area contributed by atoms with Crippen molar-refractivity contribution in [1.82, 2.24) is 4.31 Å². The lowest BCUT2D eigenvalue weighted by atomic mass is 10.0. The number of hydrogen-bond donors (Lipinski definition) is 1. The van der Waals surface area contributed by atoms with E-state index < -0.39 is 39.2 Å². The van der Waals surface area contributed by atoms with Gasteiger partial charge in [-0.2, -0.15) is 4.31 Å². The van der Waals surface area contributed by atoms with Crippen LogP contribution in [0.15, 0.2) is 77.7 Å². The quantitative estimate of drug-likeness (QED) is 0.422. The molecule has 1 N–H and O–H groups in total. The van der Waals surface area contributed by atoms with Gasteiger partial charge < -0.3 is 10.1 Å². The first-order valence-electron chi connectivity index (χ1n) is 11.1. The van der Waals surface area contributed by atoms with E-state index in [1.165, 1.54) is 0 Å². The molecule has 0 aliphatic carbocycles. The van der Waals surface area contributed by atoms with Crippen molar-refractivity contribution in [2.45, 2.75) is 25.2 Å². The maximum absolute atomic E-state index is 14.3. The molecule has 0 unspecified atom stereocenters. The molecule has 3 aromatic carbocycles. The summed E-state index contributed by atoms with van der Waals surface area (Å²) in [6, 6.07) is 20.0. The number of nitrogens with zero attached hydrogens (tertiary/aromatic N) is 1. The summed E-state index contributed by atoms with van der Waals surface area (Å²) < 4.78 is 45.8.